The highest BCUT2D eigenvalue weighted by Crippen LogP contribution is 2.19. The summed E-state index contributed by atoms with van der Waals surface area (Å²) in [5.41, 5.74) is 1.37. The van der Waals surface area contributed by atoms with Crippen LogP contribution in [-0.4, -0.2) is 55.5 Å². The van der Waals surface area contributed by atoms with Gasteiger partial charge < -0.3 is 20.1 Å². The number of piperidine rings is 1. The summed E-state index contributed by atoms with van der Waals surface area (Å²) in [5.74, 6) is 0. The normalized spacial score (nSPS) is 18.1. The van der Waals surface area contributed by atoms with Gasteiger partial charge in [0.05, 0.1) is 12.7 Å². The summed E-state index contributed by atoms with van der Waals surface area (Å²) in [5, 5.41) is 16.2. The number of fused-ring (bicyclic) bond motifs is 1. The minimum Gasteiger partial charge on any atom is -0.389 e. The smallest absolute Gasteiger partial charge is 0.0900 e. The fourth-order valence-corrected chi connectivity index (χ4v) is 3.56. The number of β-amino-alcohol motifs (C(OH)–C–C–N with tert-alkyl or cyclic N) is 1. The van der Waals surface area contributed by atoms with Gasteiger partial charge in [0.15, 0.2) is 0 Å². The van der Waals surface area contributed by atoms with Crippen molar-refractivity contribution in [1.82, 2.24) is 10.2 Å². The van der Waals surface area contributed by atoms with Crippen molar-refractivity contribution >= 4 is 10.8 Å². The lowest BCUT2D eigenvalue weighted by Gasteiger charge is -2.33. The minimum absolute atomic E-state index is 0.379. The first-order valence-corrected chi connectivity index (χ1v) is 8.85. The first-order chi connectivity index (χ1) is 11.8. The van der Waals surface area contributed by atoms with E-state index in [1.807, 2.05) is 0 Å². The van der Waals surface area contributed by atoms with E-state index < -0.39 is 0 Å². The fraction of sp³-hybridized carbons (Fsp3) is 0.500. The first-order valence-electron chi connectivity index (χ1n) is 8.85. The molecule has 0 radical (unpaired) electrons. The van der Waals surface area contributed by atoms with Crippen molar-refractivity contribution in [3.05, 3.63) is 48.0 Å². The summed E-state index contributed by atoms with van der Waals surface area (Å²) < 4.78 is 5.00. The van der Waals surface area contributed by atoms with Crippen molar-refractivity contribution < 1.29 is 9.84 Å². The molecule has 2 aromatic carbocycles. The third-order valence-electron chi connectivity index (χ3n) is 4.88. The highest BCUT2D eigenvalue weighted by molar-refractivity contribution is 5.85. The summed E-state index contributed by atoms with van der Waals surface area (Å²) in [7, 11) is 1.63. The van der Waals surface area contributed by atoms with Crippen molar-refractivity contribution in [2.75, 3.05) is 33.4 Å². The van der Waals surface area contributed by atoms with E-state index in [0.29, 0.717) is 19.2 Å². The zero-order valence-corrected chi connectivity index (χ0v) is 14.4. The summed E-state index contributed by atoms with van der Waals surface area (Å²) in [6, 6.07) is 15.6. The lowest BCUT2D eigenvalue weighted by atomic mass is 10.0. The molecule has 0 amide bonds. The number of aliphatic hydroxyl groups excluding tert-OH is 1. The standard InChI is InChI=1S/C20H28N2O2/c1-24-15-19(23)14-22-11-9-18(10-12-22)21-13-17-7-4-6-16-5-2-3-8-20(16)17/h2-8,18-19,21,23H,9-15H2,1H3. The van der Waals surface area contributed by atoms with Crippen LogP contribution in [0, 0.1) is 0 Å². The zero-order chi connectivity index (χ0) is 16.8. The molecule has 0 bridgehead atoms. The maximum absolute atomic E-state index is 9.84. The molecule has 1 saturated heterocycles. The molecule has 0 saturated carbocycles. The Labute approximate surface area is 144 Å². The number of methoxy groups -OCH3 is 1. The van der Waals surface area contributed by atoms with Gasteiger partial charge in [-0.25, -0.2) is 0 Å². The van der Waals surface area contributed by atoms with Gasteiger partial charge in [0.25, 0.3) is 0 Å². The molecule has 1 unspecified atom stereocenters. The molecule has 130 valence electrons. The van der Waals surface area contributed by atoms with Crippen molar-refractivity contribution in [1.29, 1.82) is 0 Å². The van der Waals surface area contributed by atoms with Crippen LogP contribution in [0.4, 0.5) is 0 Å². The number of ether oxygens (including phenoxy) is 1. The lowest BCUT2D eigenvalue weighted by molar-refractivity contribution is 0.0310. The van der Waals surface area contributed by atoms with Gasteiger partial charge in [0.2, 0.25) is 0 Å². The van der Waals surface area contributed by atoms with Crippen LogP contribution >= 0.6 is 0 Å². The largest absolute Gasteiger partial charge is 0.389 e. The van der Waals surface area contributed by atoms with Crippen molar-refractivity contribution in [3.8, 4) is 0 Å². The van der Waals surface area contributed by atoms with Crippen LogP contribution in [-0.2, 0) is 11.3 Å². The molecular weight excluding hydrogens is 300 g/mol. The Morgan fingerprint density at radius 1 is 1.17 bits per heavy atom. The molecule has 4 nitrogen and oxygen atoms in total. The molecule has 3 rings (SSSR count). The summed E-state index contributed by atoms with van der Waals surface area (Å²) >= 11 is 0. The lowest BCUT2D eigenvalue weighted by Crippen LogP contribution is -2.45. The number of hydrogen-bond acceptors (Lipinski definition) is 4. The maximum Gasteiger partial charge on any atom is 0.0900 e. The van der Waals surface area contributed by atoms with E-state index in [1.54, 1.807) is 7.11 Å². The van der Waals surface area contributed by atoms with Crippen LogP contribution in [0.1, 0.15) is 18.4 Å². The van der Waals surface area contributed by atoms with E-state index in [9.17, 15) is 5.11 Å². The van der Waals surface area contributed by atoms with Crippen LogP contribution in [0.5, 0.6) is 0 Å². The van der Waals surface area contributed by atoms with Gasteiger partial charge in [0, 0.05) is 26.2 Å². The minimum atomic E-state index is -0.379. The SMILES string of the molecule is COCC(O)CN1CCC(NCc2cccc3ccccc23)CC1. The molecule has 2 N–H and O–H groups in total. The zero-order valence-electron chi connectivity index (χ0n) is 14.4. The van der Waals surface area contributed by atoms with Crippen molar-refractivity contribution in [2.24, 2.45) is 0 Å². The molecule has 1 atom stereocenters. The van der Waals surface area contributed by atoms with Gasteiger partial charge in [-0.2, -0.15) is 0 Å². The summed E-state index contributed by atoms with van der Waals surface area (Å²) in [6.07, 6.45) is 1.88. The Hall–Kier alpha value is -1.46. The summed E-state index contributed by atoms with van der Waals surface area (Å²) in [4.78, 5) is 2.33. The van der Waals surface area contributed by atoms with Crippen LogP contribution in [0.25, 0.3) is 10.8 Å². The van der Waals surface area contributed by atoms with E-state index >= 15 is 0 Å². The molecule has 24 heavy (non-hydrogen) atoms. The molecule has 1 fully saturated rings. The van der Waals surface area contributed by atoms with Crippen molar-refractivity contribution in [2.45, 2.75) is 31.5 Å². The second kappa shape index (κ2) is 8.58. The molecule has 2 aromatic rings. The quantitative estimate of drug-likeness (QED) is 0.819. The average Bonchev–Trinajstić information content (AvgIpc) is 2.61. The topological polar surface area (TPSA) is 44.7 Å². The second-order valence-electron chi connectivity index (χ2n) is 6.70. The molecule has 1 heterocycles. The Kier molecular flexibility index (Phi) is 6.21. The van der Waals surface area contributed by atoms with E-state index in [0.717, 1.165) is 32.5 Å². The Morgan fingerprint density at radius 3 is 2.71 bits per heavy atom. The average molecular weight is 328 g/mol. The number of rotatable bonds is 7. The predicted octanol–water partition coefficient (Wildman–Crippen LogP) is 2.40. The van der Waals surface area contributed by atoms with Crippen LogP contribution in [0.3, 0.4) is 0 Å². The molecular formula is C20H28N2O2. The van der Waals surface area contributed by atoms with E-state index in [1.165, 1.54) is 16.3 Å². The molecule has 1 aliphatic rings. The number of nitrogens with one attached hydrogen (secondary N) is 1. The Bertz CT molecular complexity index is 633. The molecule has 0 aromatic heterocycles. The monoisotopic (exact) mass is 328 g/mol. The van der Waals surface area contributed by atoms with Crippen molar-refractivity contribution in [3.63, 3.8) is 0 Å². The van der Waals surface area contributed by atoms with E-state index in [4.69, 9.17) is 4.74 Å². The first kappa shape index (κ1) is 17.4. The van der Waals surface area contributed by atoms with Gasteiger partial charge in [-0.3, -0.25) is 0 Å². The molecule has 1 aliphatic heterocycles. The Morgan fingerprint density at radius 2 is 1.92 bits per heavy atom. The van der Waals surface area contributed by atoms with Gasteiger partial charge in [0.1, 0.15) is 0 Å². The number of hydrogen-bond donors (Lipinski definition) is 2. The summed E-state index contributed by atoms with van der Waals surface area (Å²) in [6.45, 7) is 4.11. The second-order valence-corrected chi connectivity index (χ2v) is 6.70. The number of aliphatic hydroxyl groups is 1. The van der Waals surface area contributed by atoms with Gasteiger partial charge >= 0.3 is 0 Å². The van der Waals surface area contributed by atoms with E-state index in [2.05, 4.69) is 52.7 Å². The van der Waals surface area contributed by atoms with Gasteiger partial charge in [-0.1, -0.05) is 42.5 Å². The molecule has 4 heteroatoms. The maximum atomic E-state index is 9.84. The third-order valence-corrected chi connectivity index (χ3v) is 4.88. The van der Waals surface area contributed by atoms with E-state index in [-0.39, 0.29) is 6.10 Å². The third kappa shape index (κ3) is 4.54. The van der Waals surface area contributed by atoms with Gasteiger partial charge in [-0.05, 0) is 42.3 Å². The number of benzene rings is 2. The van der Waals surface area contributed by atoms with Crippen LogP contribution < -0.4 is 5.32 Å². The van der Waals surface area contributed by atoms with Crippen LogP contribution in [0.2, 0.25) is 0 Å². The highest BCUT2D eigenvalue weighted by atomic mass is 16.5. The number of likely N-dealkylation sites (tertiary alicyclic amines) is 1. The predicted molar refractivity (Wildman–Crippen MR) is 98.1 cm³/mol. The van der Waals surface area contributed by atoms with Crippen LogP contribution in [0.15, 0.2) is 42.5 Å². The molecule has 0 spiro atoms. The highest BCUT2D eigenvalue weighted by Gasteiger charge is 2.20. The molecule has 0 aliphatic carbocycles. The Balaban J connectivity index is 1.48. The fourth-order valence-electron chi connectivity index (χ4n) is 3.56. The van der Waals surface area contributed by atoms with Gasteiger partial charge in [-0.15, -0.1) is 0 Å². The number of nitrogens with zero attached hydrogens (tertiary/aromatic N) is 1.